The van der Waals surface area contributed by atoms with Gasteiger partial charge in [-0.2, -0.15) is 0 Å². The second-order valence-corrected chi connectivity index (χ2v) is 13.8. The maximum absolute atomic E-state index is 11.3. The van der Waals surface area contributed by atoms with Gasteiger partial charge in [-0.25, -0.2) is 0 Å². The molecule has 8 heteroatoms. The highest BCUT2D eigenvalue weighted by Gasteiger charge is 2.69. The van der Waals surface area contributed by atoms with Gasteiger partial charge in [-0.3, -0.25) is 0 Å². The van der Waals surface area contributed by atoms with Crippen LogP contribution in [0, 0.1) is 39.4 Å². The van der Waals surface area contributed by atoms with Gasteiger partial charge < -0.3 is 40.1 Å². The minimum atomic E-state index is -1.48. The van der Waals surface area contributed by atoms with Gasteiger partial charge in [0.15, 0.2) is 6.29 Å². The van der Waals surface area contributed by atoms with Crippen molar-refractivity contribution < 1.29 is 40.1 Å². The van der Waals surface area contributed by atoms with Gasteiger partial charge in [0.2, 0.25) is 0 Å². The maximum atomic E-state index is 11.3. The SMILES string of the molecule is C[C@@]1(CO[C@@H]2O[C@H](CO)[C@@H](O)[C@H](O)[C@H]2O)[C@H]2CC[C@]3(C)[C@H](CC[C@@H]4[C@H](O)CC[C@@]43C)[C@]2(C)CC[C@H]1O. The fraction of sp³-hybridized carbons (Fsp3) is 1.00. The van der Waals surface area contributed by atoms with Crippen LogP contribution in [0.25, 0.3) is 0 Å². The third-order valence-corrected chi connectivity index (χ3v) is 12.5. The quantitative estimate of drug-likeness (QED) is 0.334. The first kappa shape index (κ1) is 27.3. The Morgan fingerprint density at radius 1 is 0.750 bits per heavy atom. The second-order valence-electron chi connectivity index (χ2n) is 13.8. The van der Waals surface area contributed by atoms with Crippen LogP contribution in [0.5, 0.6) is 0 Å². The Bertz CT molecular complexity index is 823. The van der Waals surface area contributed by atoms with Gasteiger partial charge in [-0.15, -0.1) is 0 Å². The van der Waals surface area contributed by atoms with Crippen molar-refractivity contribution in [1.29, 1.82) is 0 Å². The lowest BCUT2D eigenvalue weighted by atomic mass is 9.35. The number of aliphatic hydroxyl groups is 6. The van der Waals surface area contributed by atoms with Gasteiger partial charge in [0.25, 0.3) is 0 Å². The first-order valence-electron chi connectivity index (χ1n) is 14.1. The Kier molecular flexibility index (Phi) is 6.90. The van der Waals surface area contributed by atoms with Crippen LogP contribution >= 0.6 is 0 Å². The van der Waals surface area contributed by atoms with Crippen molar-refractivity contribution >= 4 is 0 Å². The number of hydrogen-bond donors (Lipinski definition) is 6. The zero-order valence-corrected chi connectivity index (χ0v) is 22.3. The highest BCUT2D eigenvalue weighted by atomic mass is 16.7. The Hall–Kier alpha value is -0.320. The normalized spacial score (nSPS) is 59.2. The Labute approximate surface area is 215 Å². The fourth-order valence-electron chi connectivity index (χ4n) is 10.2. The van der Waals surface area contributed by atoms with Crippen LogP contribution in [0.4, 0.5) is 0 Å². The third-order valence-electron chi connectivity index (χ3n) is 12.5. The highest BCUT2D eigenvalue weighted by molar-refractivity contribution is 5.17. The molecule has 0 aromatic carbocycles. The smallest absolute Gasteiger partial charge is 0.186 e. The van der Waals surface area contributed by atoms with E-state index in [9.17, 15) is 30.6 Å². The maximum Gasteiger partial charge on any atom is 0.186 e. The summed E-state index contributed by atoms with van der Waals surface area (Å²) in [7, 11) is 0. The van der Waals surface area contributed by atoms with Crippen LogP contribution in [-0.4, -0.2) is 86.8 Å². The van der Waals surface area contributed by atoms with E-state index in [0.717, 1.165) is 44.9 Å². The molecule has 0 aromatic rings. The summed E-state index contributed by atoms with van der Waals surface area (Å²) in [5.41, 5.74) is -0.288. The van der Waals surface area contributed by atoms with E-state index in [1.165, 1.54) is 0 Å². The zero-order chi connectivity index (χ0) is 26.3. The molecule has 1 aliphatic heterocycles. The molecule has 36 heavy (non-hydrogen) atoms. The Morgan fingerprint density at radius 2 is 1.44 bits per heavy atom. The van der Waals surface area contributed by atoms with Crippen LogP contribution < -0.4 is 0 Å². The van der Waals surface area contributed by atoms with Crippen molar-refractivity contribution in [3.05, 3.63) is 0 Å². The number of fused-ring (bicyclic) bond motifs is 5. The molecule has 1 heterocycles. The number of aliphatic hydroxyl groups excluding tert-OH is 6. The zero-order valence-electron chi connectivity index (χ0n) is 22.3. The number of hydrogen-bond acceptors (Lipinski definition) is 8. The standard InChI is InChI=1S/C28H48O8/c1-25-10-9-20(31)26(2,14-35-24-23(34)22(33)21(32)17(13-29)36-24)18(25)8-12-28(4)19(25)6-5-15-16(30)7-11-27(15,28)3/h15-24,29-34H,5-14H2,1-4H3/t15-,16-,17-,18+,19-,20-,21-,22+,23-,24-,25-,26-,27+,28-/m1/s1. The van der Waals surface area contributed by atoms with Crippen LogP contribution in [-0.2, 0) is 9.47 Å². The Balaban J connectivity index is 1.39. The van der Waals surface area contributed by atoms with Crippen LogP contribution in [0.15, 0.2) is 0 Å². The first-order valence-corrected chi connectivity index (χ1v) is 14.1. The molecule has 4 saturated carbocycles. The fourth-order valence-corrected chi connectivity index (χ4v) is 10.2. The molecule has 5 rings (SSSR count). The van der Waals surface area contributed by atoms with E-state index in [2.05, 4.69) is 27.7 Å². The minimum absolute atomic E-state index is 0.0151. The molecule has 14 atom stereocenters. The summed E-state index contributed by atoms with van der Waals surface area (Å²) in [6, 6.07) is 0. The van der Waals surface area contributed by atoms with Crippen molar-refractivity contribution in [3.63, 3.8) is 0 Å². The molecule has 8 nitrogen and oxygen atoms in total. The molecule has 0 radical (unpaired) electrons. The summed E-state index contributed by atoms with van der Waals surface area (Å²) < 4.78 is 11.7. The average molecular weight is 513 g/mol. The number of ether oxygens (including phenoxy) is 2. The summed E-state index contributed by atoms with van der Waals surface area (Å²) >= 11 is 0. The molecule has 0 amide bonds. The summed E-state index contributed by atoms with van der Waals surface area (Å²) in [5, 5.41) is 62.4. The molecule has 1 saturated heterocycles. The van der Waals surface area contributed by atoms with Gasteiger partial charge in [0.05, 0.1) is 25.4 Å². The van der Waals surface area contributed by atoms with Gasteiger partial charge in [-0.05, 0) is 85.4 Å². The molecular weight excluding hydrogens is 464 g/mol. The molecule has 0 aromatic heterocycles. The molecule has 5 fully saturated rings. The van der Waals surface area contributed by atoms with Gasteiger partial charge in [0, 0.05) is 5.41 Å². The molecule has 0 unspecified atom stereocenters. The monoisotopic (exact) mass is 512 g/mol. The van der Waals surface area contributed by atoms with Gasteiger partial charge in [0.1, 0.15) is 24.4 Å². The van der Waals surface area contributed by atoms with E-state index < -0.39 is 48.8 Å². The first-order chi connectivity index (χ1) is 16.8. The van der Waals surface area contributed by atoms with Crippen molar-refractivity contribution in [3.8, 4) is 0 Å². The van der Waals surface area contributed by atoms with E-state index in [1.54, 1.807) is 0 Å². The molecule has 0 bridgehead atoms. The third kappa shape index (κ3) is 3.62. The van der Waals surface area contributed by atoms with Crippen molar-refractivity contribution in [2.24, 2.45) is 39.4 Å². The second kappa shape index (κ2) is 9.12. The van der Waals surface area contributed by atoms with Gasteiger partial charge in [-0.1, -0.05) is 27.7 Å². The lowest BCUT2D eigenvalue weighted by molar-refractivity contribution is -0.316. The molecular formula is C28H48O8. The van der Waals surface area contributed by atoms with Crippen molar-refractivity contribution in [2.45, 2.75) is 122 Å². The topological polar surface area (TPSA) is 140 Å². The predicted molar refractivity (Wildman–Crippen MR) is 132 cm³/mol. The van der Waals surface area contributed by atoms with Crippen molar-refractivity contribution in [1.82, 2.24) is 0 Å². The molecule has 208 valence electrons. The largest absolute Gasteiger partial charge is 0.394 e. The molecule has 4 aliphatic carbocycles. The van der Waals surface area contributed by atoms with Gasteiger partial charge >= 0.3 is 0 Å². The van der Waals surface area contributed by atoms with Crippen LogP contribution in [0.2, 0.25) is 0 Å². The number of rotatable bonds is 4. The minimum Gasteiger partial charge on any atom is -0.394 e. The van der Waals surface area contributed by atoms with E-state index in [0.29, 0.717) is 18.3 Å². The van der Waals surface area contributed by atoms with E-state index in [1.807, 2.05) is 0 Å². The average Bonchev–Trinajstić information content (AvgIpc) is 3.15. The molecule has 0 spiro atoms. The molecule has 5 aliphatic rings. The van der Waals surface area contributed by atoms with E-state index >= 15 is 0 Å². The Morgan fingerprint density at radius 3 is 2.14 bits per heavy atom. The highest BCUT2D eigenvalue weighted by Crippen LogP contribution is 2.74. The predicted octanol–water partition coefficient (Wildman–Crippen LogP) is 1.57. The summed E-state index contributed by atoms with van der Waals surface area (Å²) in [6.07, 6.45) is 0.459. The van der Waals surface area contributed by atoms with E-state index in [-0.39, 0.29) is 34.9 Å². The lowest BCUT2D eigenvalue weighted by Gasteiger charge is -2.70. The van der Waals surface area contributed by atoms with E-state index in [4.69, 9.17) is 9.47 Å². The van der Waals surface area contributed by atoms with Crippen LogP contribution in [0.3, 0.4) is 0 Å². The molecule has 6 N–H and O–H groups in total. The summed E-state index contributed by atoms with van der Waals surface area (Å²) in [5.74, 6) is 1.08. The summed E-state index contributed by atoms with van der Waals surface area (Å²) in [6.45, 7) is 9.03. The van der Waals surface area contributed by atoms with Crippen molar-refractivity contribution in [2.75, 3.05) is 13.2 Å². The lowest BCUT2D eigenvalue weighted by Crippen LogP contribution is -2.65. The van der Waals surface area contributed by atoms with Crippen LogP contribution in [0.1, 0.15) is 79.1 Å². The summed E-state index contributed by atoms with van der Waals surface area (Å²) in [4.78, 5) is 0.